The molecular weight excluding hydrogens is 254 g/mol. The van der Waals surface area contributed by atoms with Crippen molar-refractivity contribution in [3.8, 4) is 0 Å². The minimum absolute atomic E-state index is 0.235. The number of benzene rings is 1. The number of rotatable bonds is 7. The van der Waals surface area contributed by atoms with Gasteiger partial charge in [-0.15, -0.1) is 0 Å². The zero-order valence-electron chi connectivity index (χ0n) is 12.6. The molecule has 4 nitrogen and oxygen atoms in total. The van der Waals surface area contributed by atoms with Crippen molar-refractivity contribution < 1.29 is 14.6 Å². The van der Waals surface area contributed by atoms with E-state index in [4.69, 9.17) is 4.74 Å². The molecule has 0 aliphatic heterocycles. The molecule has 0 aliphatic carbocycles. The zero-order chi connectivity index (χ0) is 15.0. The van der Waals surface area contributed by atoms with Gasteiger partial charge in [-0.2, -0.15) is 0 Å². The molecule has 1 amide bonds. The predicted molar refractivity (Wildman–Crippen MR) is 79.4 cm³/mol. The van der Waals surface area contributed by atoms with Crippen LogP contribution in [0.15, 0.2) is 30.3 Å². The third kappa shape index (κ3) is 6.06. The summed E-state index contributed by atoms with van der Waals surface area (Å²) in [5, 5.41) is 12.8. The van der Waals surface area contributed by atoms with Crippen LogP contribution in [0, 0.1) is 0 Å². The van der Waals surface area contributed by atoms with Gasteiger partial charge in [0, 0.05) is 0 Å². The van der Waals surface area contributed by atoms with Crippen LogP contribution in [0.4, 0.5) is 4.79 Å². The maximum atomic E-state index is 11.8. The molecule has 20 heavy (non-hydrogen) atoms. The third-order valence-electron chi connectivity index (χ3n) is 3.20. The Morgan fingerprint density at radius 1 is 1.35 bits per heavy atom. The van der Waals surface area contributed by atoms with Crippen molar-refractivity contribution in [2.75, 3.05) is 0 Å². The van der Waals surface area contributed by atoms with Crippen LogP contribution in [0.3, 0.4) is 0 Å². The highest BCUT2D eigenvalue weighted by Gasteiger charge is 2.28. The molecule has 0 aromatic heterocycles. The Kier molecular flexibility index (Phi) is 6.52. The summed E-state index contributed by atoms with van der Waals surface area (Å²) in [7, 11) is 0. The molecule has 112 valence electrons. The molecule has 1 rings (SSSR count). The van der Waals surface area contributed by atoms with E-state index >= 15 is 0 Å². The van der Waals surface area contributed by atoms with Crippen LogP contribution in [-0.4, -0.2) is 22.8 Å². The van der Waals surface area contributed by atoms with Gasteiger partial charge in [0.1, 0.15) is 6.61 Å². The normalized spacial score (nSPS) is 12.8. The van der Waals surface area contributed by atoms with E-state index in [0.29, 0.717) is 0 Å². The Balaban J connectivity index is 2.45. The first-order chi connectivity index (χ1) is 9.43. The Morgan fingerprint density at radius 3 is 2.55 bits per heavy atom. The van der Waals surface area contributed by atoms with Crippen molar-refractivity contribution >= 4 is 6.09 Å². The van der Waals surface area contributed by atoms with Crippen LogP contribution in [0.2, 0.25) is 0 Å². The lowest BCUT2D eigenvalue weighted by atomic mass is 9.94. The van der Waals surface area contributed by atoms with Gasteiger partial charge in [0.25, 0.3) is 0 Å². The monoisotopic (exact) mass is 279 g/mol. The molecule has 0 fully saturated rings. The van der Waals surface area contributed by atoms with E-state index in [9.17, 15) is 9.90 Å². The third-order valence-corrected chi connectivity index (χ3v) is 3.20. The number of unbranched alkanes of at least 4 members (excludes halogenated alkanes) is 1. The first kappa shape index (κ1) is 16.5. The van der Waals surface area contributed by atoms with Gasteiger partial charge in [-0.05, 0) is 25.8 Å². The Hall–Kier alpha value is -1.55. The number of alkyl carbamates (subject to hydrolysis) is 1. The first-order valence-electron chi connectivity index (χ1n) is 7.13. The molecule has 1 atom stereocenters. The van der Waals surface area contributed by atoms with Crippen LogP contribution < -0.4 is 5.32 Å². The average Bonchev–Trinajstić information content (AvgIpc) is 2.41. The van der Waals surface area contributed by atoms with Crippen molar-refractivity contribution in [3.63, 3.8) is 0 Å². The van der Waals surface area contributed by atoms with Gasteiger partial charge in [0.2, 0.25) is 0 Å². The maximum absolute atomic E-state index is 11.8. The number of ether oxygens (including phenoxy) is 1. The molecule has 1 aromatic carbocycles. The van der Waals surface area contributed by atoms with E-state index < -0.39 is 11.7 Å². The quantitative estimate of drug-likeness (QED) is 0.805. The maximum Gasteiger partial charge on any atom is 0.407 e. The molecule has 0 bridgehead atoms. The average molecular weight is 279 g/mol. The second-order valence-electron chi connectivity index (χ2n) is 5.55. The van der Waals surface area contributed by atoms with Gasteiger partial charge < -0.3 is 15.2 Å². The molecule has 1 aromatic rings. The lowest BCUT2D eigenvalue weighted by Gasteiger charge is -2.29. The number of amides is 1. The SMILES string of the molecule is CCCC[C@@H](NC(=O)OCc1ccccc1)C(C)(C)O. The molecule has 4 heteroatoms. The largest absolute Gasteiger partial charge is 0.445 e. The Labute approximate surface area is 121 Å². The zero-order valence-corrected chi connectivity index (χ0v) is 12.6. The van der Waals surface area contributed by atoms with Crippen LogP contribution in [0.5, 0.6) is 0 Å². The smallest absolute Gasteiger partial charge is 0.407 e. The lowest BCUT2D eigenvalue weighted by Crippen LogP contribution is -2.49. The van der Waals surface area contributed by atoms with Gasteiger partial charge in [-0.25, -0.2) is 4.79 Å². The number of carbonyl (C=O) groups excluding carboxylic acids is 1. The van der Waals surface area contributed by atoms with Crippen LogP contribution in [0.25, 0.3) is 0 Å². The van der Waals surface area contributed by atoms with E-state index in [-0.39, 0.29) is 12.6 Å². The molecule has 0 unspecified atom stereocenters. The summed E-state index contributed by atoms with van der Waals surface area (Å²) in [6.07, 6.45) is 2.22. The summed E-state index contributed by atoms with van der Waals surface area (Å²) in [6, 6.07) is 9.22. The van der Waals surface area contributed by atoms with Gasteiger partial charge in [0.15, 0.2) is 0 Å². The van der Waals surface area contributed by atoms with Crippen molar-refractivity contribution in [2.24, 2.45) is 0 Å². The van der Waals surface area contributed by atoms with Gasteiger partial charge in [0.05, 0.1) is 11.6 Å². The molecular formula is C16H25NO3. The second-order valence-corrected chi connectivity index (χ2v) is 5.55. The summed E-state index contributed by atoms with van der Waals surface area (Å²) < 4.78 is 5.17. The predicted octanol–water partition coefficient (Wildman–Crippen LogP) is 3.24. The highest BCUT2D eigenvalue weighted by Crippen LogP contribution is 2.15. The minimum atomic E-state index is -0.957. The van der Waals surface area contributed by atoms with E-state index in [1.165, 1.54) is 0 Å². The summed E-state index contributed by atoms with van der Waals surface area (Å²) in [4.78, 5) is 11.8. The Bertz CT molecular complexity index is 398. The van der Waals surface area contributed by atoms with E-state index in [1.54, 1.807) is 13.8 Å². The first-order valence-corrected chi connectivity index (χ1v) is 7.13. The molecule has 0 aliphatic rings. The van der Waals surface area contributed by atoms with Gasteiger partial charge in [-0.3, -0.25) is 0 Å². The summed E-state index contributed by atoms with van der Waals surface area (Å²) in [5.41, 5.74) is -0.0166. The molecule has 0 spiro atoms. The molecule has 0 saturated carbocycles. The fourth-order valence-corrected chi connectivity index (χ4v) is 1.92. The van der Waals surface area contributed by atoms with Crippen molar-refractivity contribution in [1.29, 1.82) is 0 Å². The number of carbonyl (C=O) groups is 1. The van der Waals surface area contributed by atoms with E-state index in [2.05, 4.69) is 12.2 Å². The second kappa shape index (κ2) is 7.90. The number of aliphatic hydroxyl groups is 1. The van der Waals surface area contributed by atoms with Crippen molar-refractivity contribution in [2.45, 2.75) is 58.3 Å². The van der Waals surface area contributed by atoms with Gasteiger partial charge in [-0.1, -0.05) is 50.1 Å². The standard InChI is InChI=1S/C16H25NO3/c1-4-5-11-14(16(2,3)19)17-15(18)20-12-13-9-7-6-8-10-13/h6-10,14,19H,4-5,11-12H2,1-3H3,(H,17,18)/t14-/m1/s1. The highest BCUT2D eigenvalue weighted by molar-refractivity contribution is 5.67. The topological polar surface area (TPSA) is 58.6 Å². The van der Waals surface area contributed by atoms with E-state index in [0.717, 1.165) is 24.8 Å². The van der Waals surface area contributed by atoms with Crippen molar-refractivity contribution in [3.05, 3.63) is 35.9 Å². The number of hydrogen-bond donors (Lipinski definition) is 2. The lowest BCUT2D eigenvalue weighted by molar-refractivity contribution is 0.0300. The van der Waals surface area contributed by atoms with E-state index in [1.807, 2.05) is 30.3 Å². The summed E-state index contributed by atoms with van der Waals surface area (Å²) in [5.74, 6) is 0. The number of hydrogen-bond acceptors (Lipinski definition) is 3. The van der Waals surface area contributed by atoms with Crippen LogP contribution in [-0.2, 0) is 11.3 Å². The minimum Gasteiger partial charge on any atom is -0.445 e. The summed E-state index contributed by atoms with van der Waals surface area (Å²) >= 11 is 0. The van der Waals surface area contributed by atoms with Crippen molar-refractivity contribution in [1.82, 2.24) is 5.32 Å². The molecule has 2 N–H and O–H groups in total. The molecule has 0 saturated heterocycles. The Morgan fingerprint density at radius 2 is 2.00 bits per heavy atom. The van der Waals surface area contributed by atoms with Crippen LogP contribution >= 0.6 is 0 Å². The molecule has 0 heterocycles. The highest BCUT2D eigenvalue weighted by atomic mass is 16.5. The number of nitrogens with one attached hydrogen (secondary N) is 1. The fourth-order valence-electron chi connectivity index (χ4n) is 1.92. The molecule has 0 radical (unpaired) electrons. The van der Waals surface area contributed by atoms with Crippen LogP contribution in [0.1, 0.15) is 45.6 Å². The summed E-state index contributed by atoms with van der Waals surface area (Å²) in [6.45, 7) is 5.71. The van der Waals surface area contributed by atoms with Gasteiger partial charge >= 0.3 is 6.09 Å². The fraction of sp³-hybridized carbons (Fsp3) is 0.562.